The molecule has 0 aliphatic carbocycles. The van der Waals surface area contributed by atoms with Crippen LogP contribution in [0.3, 0.4) is 0 Å². The summed E-state index contributed by atoms with van der Waals surface area (Å²) < 4.78 is 16.9. The maximum absolute atomic E-state index is 12.9. The van der Waals surface area contributed by atoms with Crippen molar-refractivity contribution in [1.29, 1.82) is 0 Å². The second kappa shape index (κ2) is 58.2. The molecule has 0 amide bonds. The van der Waals surface area contributed by atoms with E-state index in [1.807, 2.05) is 0 Å². The van der Waals surface area contributed by atoms with E-state index in [9.17, 15) is 14.4 Å². The average molecular weight is 970 g/mol. The number of carbonyl (C=O) groups is 3. The van der Waals surface area contributed by atoms with Crippen LogP contribution >= 0.6 is 0 Å². The number of rotatable bonds is 56. The van der Waals surface area contributed by atoms with Gasteiger partial charge < -0.3 is 14.2 Å². The summed E-state index contributed by atoms with van der Waals surface area (Å²) in [5.74, 6) is -0.891. The van der Waals surface area contributed by atoms with Gasteiger partial charge in [0, 0.05) is 19.3 Å². The van der Waals surface area contributed by atoms with Crippen molar-refractivity contribution < 1.29 is 28.6 Å². The normalized spacial score (nSPS) is 12.2. The van der Waals surface area contributed by atoms with Gasteiger partial charge in [-0.3, -0.25) is 14.4 Å². The lowest BCUT2D eigenvalue weighted by Gasteiger charge is -2.18. The highest BCUT2D eigenvalue weighted by molar-refractivity contribution is 5.71. The van der Waals surface area contributed by atoms with Crippen LogP contribution in [0.15, 0.2) is 36.5 Å². The van der Waals surface area contributed by atoms with Gasteiger partial charge in [-0.15, -0.1) is 0 Å². The highest BCUT2D eigenvalue weighted by Gasteiger charge is 2.19. The lowest BCUT2D eigenvalue weighted by Crippen LogP contribution is -2.30. The molecule has 0 aliphatic rings. The minimum Gasteiger partial charge on any atom is -0.462 e. The van der Waals surface area contributed by atoms with Gasteiger partial charge in [-0.1, -0.05) is 250 Å². The summed E-state index contributed by atoms with van der Waals surface area (Å²) in [7, 11) is 0. The Labute approximate surface area is 429 Å². The van der Waals surface area contributed by atoms with E-state index < -0.39 is 6.10 Å². The van der Waals surface area contributed by atoms with E-state index in [1.54, 1.807) is 0 Å². The van der Waals surface area contributed by atoms with Crippen LogP contribution in [0.25, 0.3) is 0 Å². The predicted octanol–water partition coefficient (Wildman–Crippen LogP) is 20.4. The first-order valence-corrected chi connectivity index (χ1v) is 30.5. The highest BCUT2D eigenvalue weighted by Crippen LogP contribution is 2.16. The van der Waals surface area contributed by atoms with Gasteiger partial charge in [0.15, 0.2) is 6.10 Å². The van der Waals surface area contributed by atoms with Crippen molar-refractivity contribution in [3.05, 3.63) is 36.5 Å². The molecule has 1 unspecified atom stereocenters. The third-order valence-electron chi connectivity index (χ3n) is 13.6. The smallest absolute Gasteiger partial charge is 0.306 e. The molecule has 0 heterocycles. The first kappa shape index (κ1) is 66.6. The van der Waals surface area contributed by atoms with E-state index >= 15 is 0 Å². The largest absolute Gasteiger partial charge is 0.462 e. The van der Waals surface area contributed by atoms with Gasteiger partial charge in [-0.2, -0.15) is 0 Å². The summed E-state index contributed by atoms with van der Waals surface area (Å²) in [5, 5.41) is 0. The molecule has 0 aliphatic heterocycles. The minimum absolute atomic E-state index is 0.0801. The minimum atomic E-state index is -0.783. The molecule has 0 saturated heterocycles. The van der Waals surface area contributed by atoms with Crippen LogP contribution in [0.2, 0.25) is 0 Å². The maximum atomic E-state index is 12.9. The van der Waals surface area contributed by atoms with Gasteiger partial charge in [0.05, 0.1) is 0 Å². The van der Waals surface area contributed by atoms with Gasteiger partial charge in [-0.05, 0) is 96.3 Å². The summed E-state index contributed by atoms with van der Waals surface area (Å²) in [6.07, 6.45) is 70.0. The van der Waals surface area contributed by atoms with Crippen LogP contribution in [0, 0.1) is 0 Å². The quantitative estimate of drug-likeness (QED) is 0.0261. The second-order valence-electron chi connectivity index (χ2n) is 20.6. The molecule has 0 saturated carbocycles. The Balaban J connectivity index is 4.36. The molecule has 0 radical (unpaired) electrons. The molecule has 0 fully saturated rings. The van der Waals surface area contributed by atoms with Crippen molar-refractivity contribution in [2.45, 2.75) is 335 Å². The summed E-state index contributed by atoms with van der Waals surface area (Å²) >= 11 is 0. The van der Waals surface area contributed by atoms with Gasteiger partial charge in [0.1, 0.15) is 13.2 Å². The van der Waals surface area contributed by atoms with Crippen molar-refractivity contribution in [2.75, 3.05) is 13.2 Å². The van der Waals surface area contributed by atoms with E-state index in [0.717, 1.165) is 77.0 Å². The third-order valence-corrected chi connectivity index (χ3v) is 13.6. The molecule has 404 valence electrons. The molecule has 0 aromatic heterocycles. The van der Waals surface area contributed by atoms with E-state index in [0.29, 0.717) is 19.3 Å². The highest BCUT2D eigenvalue weighted by atomic mass is 16.6. The van der Waals surface area contributed by atoms with Crippen molar-refractivity contribution >= 4 is 17.9 Å². The SMILES string of the molecule is CCCCCCCCC/C=C\CCCCCC(=O)OCC(COC(=O)CCCCCCCCC/C=C\CCCCCCCCCC)OC(=O)CCCCCCC/C=C\CCCCCCCCCCC. The van der Waals surface area contributed by atoms with Crippen LogP contribution in [-0.4, -0.2) is 37.2 Å². The Morgan fingerprint density at radius 2 is 0.478 bits per heavy atom. The van der Waals surface area contributed by atoms with Crippen molar-refractivity contribution in [3.63, 3.8) is 0 Å². The van der Waals surface area contributed by atoms with Crippen LogP contribution in [0.4, 0.5) is 0 Å². The topological polar surface area (TPSA) is 78.9 Å². The van der Waals surface area contributed by atoms with Crippen molar-refractivity contribution in [3.8, 4) is 0 Å². The molecule has 0 N–H and O–H groups in total. The zero-order valence-electron chi connectivity index (χ0n) is 46.3. The zero-order chi connectivity index (χ0) is 50.0. The maximum Gasteiger partial charge on any atom is 0.306 e. The fourth-order valence-electron chi connectivity index (χ4n) is 8.96. The number of unbranched alkanes of at least 4 members (excludes halogenated alkanes) is 39. The average Bonchev–Trinajstić information content (AvgIpc) is 3.35. The predicted molar refractivity (Wildman–Crippen MR) is 298 cm³/mol. The number of carbonyl (C=O) groups excluding carboxylic acids is 3. The second-order valence-corrected chi connectivity index (χ2v) is 20.6. The molecule has 0 bridgehead atoms. The molecule has 0 rings (SSSR count). The van der Waals surface area contributed by atoms with Gasteiger partial charge in [0.2, 0.25) is 0 Å². The number of esters is 3. The molecule has 69 heavy (non-hydrogen) atoms. The van der Waals surface area contributed by atoms with E-state index in [4.69, 9.17) is 14.2 Å². The first-order chi connectivity index (χ1) is 34.0. The Bertz CT molecular complexity index is 1160. The summed E-state index contributed by atoms with van der Waals surface area (Å²) in [4.78, 5) is 38.2. The first-order valence-electron chi connectivity index (χ1n) is 30.5. The van der Waals surface area contributed by atoms with Crippen molar-refractivity contribution in [2.24, 2.45) is 0 Å². The Morgan fingerprint density at radius 1 is 0.275 bits per heavy atom. The van der Waals surface area contributed by atoms with Crippen LogP contribution in [-0.2, 0) is 28.6 Å². The number of hydrogen-bond donors (Lipinski definition) is 0. The van der Waals surface area contributed by atoms with Gasteiger partial charge >= 0.3 is 17.9 Å². The van der Waals surface area contributed by atoms with Crippen LogP contribution in [0.1, 0.15) is 329 Å². The molecule has 6 heteroatoms. The number of hydrogen-bond acceptors (Lipinski definition) is 6. The zero-order valence-corrected chi connectivity index (χ0v) is 46.3. The van der Waals surface area contributed by atoms with Crippen LogP contribution < -0.4 is 0 Å². The lowest BCUT2D eigenvalue weighted by molar-refractivity contribution is -0.167. The molecule has 6 nitrogen and oxygen atoms in total. The van der Waals surface area contributed by atoms with Gasteiger partial charge in [0.25, 0.3) is 0 Å². The fraction of sp³-hybridized carbons (Fsp3) is 0.857. The van der Waals surface area contributed by atoms with E-state index in [2.05, 4.69) is 57.2 Å². The molecular weight excluding hydrogens is 853 g/mol. The Morgan fingerprint density at radius 3 is 0.739 bits per heavy atom. The summed E-state index contributed by atoms with van der Waals surface area (Å²) in [5.41, 5.74) is 0. The summed E-state index contributed by atoms with van der Waals surface area (Å²) in [6.45, 7) is 6.66. The lowest BCUT2D eigenvalue weighted by atomic mass is 10.1. The molecule has 0 spiro atoms. The molecule has 0 aromatic carbocycles. The molecule has 0 aromatic rings. The Kier molecular flexibility index (Phi) is 56.2. The monoisotopic (exact) mass is 969 g/mol. The third kappa shape index (κ3) is 56.4. The van der Waals surface area contributed by atoms with Gasteiger partial charge in [-0.25, -0.2) is 0 Å². The van der Waals surface area contributed by atoms with E-state index in [-0.39, 0.29) is 31.1 Å². The number of allylic oxidation sites excluding steroid dienone is 6. The number of ether oxygens (including phenoxy) is 3. The summed E-state index contributed by atoms with van der Waals surface area (Å²) in [6, 6.07) is 0. The molecular formula is C63H116O6. The van der Waals surface area contributed by atoms with E-state index in [1.165, 1.54) is 212 Å². The van der Waals surface area contributed by atoms with Crippen LogP contribution in [0.5, 0.6) is 0 Å². The standard InChI is InChI=1S/C63H116O6/c1-4-7-10-13-16-19-22-25-28-30-32-34-35-38-41-44-47-50-53-56-62(65)68-59-60(58-67-61(64)55-52-49-46-43-40-37-27-24-21-18-15-12-9-6-3)69-63(66)57-54-51-48-45-42-39-36-33-31-29-26-23-20-17-14-11-8-5-2/h30,32-33,36-37,40,60H,4-29,31,34-35,38-39,41-59H2,1-3H3/b32-30-,36-33-,40-37-. The Hall–Kier alpha value is -2.37. The fourth-order valence-corrected chi connectivity index (χ4v) is 8.96. The molecule has 1 atom stereocenters. The van der Waals surface area contributed by atoms with Crippen molar-refractivity contribution in [1.82, 2.24) is 0 Å².